The fourth-order valence-corrected chi connectivity index (χ4v) is 3.15. The molecule has 3 aromatic rings. The van der Waals surface area contributed by atoms with E-state index in [4.69, 9.17) is 5.11 Å². The molecule has 0 aliphatic heterocycles. The van der Waals surface area contributed by atoms with Crippen molar-refractivity contribution in [1.82, 2.24) is 4.98 Å². The van der Waals surface area contributed by atoms with Crippen molar-refractivity contribution in [2.24, 2.45) is 5.16 Å². The molecule has 1 aromatic heterocycles. The number of benzene rings is 2. The first kappa shape index (κ1) is 18.3. The maximum Gasteiger partial charge on any atom is 0.335 e. The highest BCUT2D eigenvalue weighted by Gasteiger charge is 2.13. The largest absolute Gasteiger partial charge is 0.478 e. The van der Waals surface area contributed by atoms with Gasteiger partial charge in [-0.1, -0.05) is 35.5 Å². The monoisotopic (exact) mass is 360 g/mol. The van der Waals surface area contributed by atoms with E-state index in [2.05, 4.69) is 10.1 Å². The normalized spacial score (nSPS) is 11.4. The molecule has 27 heavy (non-hydrogen) atoms. The number of aromatic carboxylic acids is 1. The van der Waals surface area contributed by atoms with E-state index < -0.39 is 5.97 Å². The molecule has 0 spiro atoms. The fourth-order valence-electron chi connectivity index (χ4n) is 3.15. The highest BCUT2D eigenvalue weighted by molar-refractivity contribution is 6.02. The zero-order valence-corrected chi connectivity index (χ0v) is 15.0. The van der Waals surface area contributed by atoms with Gasteiger partial charge in [0.2, 0.25) is 0 Å². The maximum absolute atomic E-state index is 11.1. The summed E-state index contributed by atoms with van der Waals surface area (Å²) in [6.45, 7) is 2.00. The van der Waals surface area contributed by atoms with Crippen molar-refractivity contribution >= 4 is 11.7 Å². The Bertz CT molecular complexity index is 982. The third kappa shape index (κ3) is 4.20. The Morgan fingerprint density at radius 3 is 2.52 bits per heavy atom. The molecule has 5 nitrogen and oxygen atoms in total. The summed E-state index contributed by atoms with van der Waals surface area (Å²) in [5.74, 6) is -0.950. The van der Waals surface area contributed by atoms with Gasteiger partial charge in [0.1, 0.15) is 0 Å². The van der Waals surface area contributed by atoms with Crippen LogP contribution < -0.4 is 0 Å². The molecule has 0 amide bonds. The molecule has 0 aliphatic carbocycles. The van der Waals surface area contributed by atoms with Gasteiger partial charge in [-0.25, -0.2) is 4.79 Å². The summed E-state index contributed by atoms with van der Waals surface area (Å²) in [7, 11) is 0. The number of rotatable bonds is 6. The summed E-state index contributed by atoms with van der Waals surface area (Å²) >= 11 is 0. The van der Waals surface area contributed by atoms with Crippen LogP contribution in [0, 0.1) is 6.92 Å². The van der Waals surface area contributed by atoms with Crippen LogP contribution in [-0.4, -0.2) is 27.0 Å². The molecule has 0 atom stereocenters. The summed E-state index contributed by atoms with van der Waals surface area (Å²) in [6, 6.07) is 16.6. The third-order valence-electron chi connectivity index (χ3n) is 4.58. The van der Waals surface area contributed by atoms with Gasteiger partial charge in [-0.3, -0.25) is 4.98 Å². The van der Waals surface area contributed by atoms with E-state index >= 15 is 0 Å². The first-order valence-electron chi connectivity index (χ1n) is 8.63. The fraction of sp³-hybridized carbons (Fsp3) is 0.136. The predicted molar refractivity (Wildman–Crippen MR) is 104 cm³/mol. The molecule has 0 unspecified atom stereocenters. The molecule has 0 saturated heterocycles. The summed E-state index contributed by atoms with van der Waals surface area (Å²) in [6.07, 6.45) is 4.58. The van der Waals surface area contributed by atoms with Crippen LogP contribution in [-0.2, 0) is 6.42 Å². The number of oxime groups is 1. The Hall–Kier alpha value is -3.47. The third-order valence-corrected chi connectivity index (χ3v) is 4.58. The Labute approximate surface area is 157 Å². The summed E-state index contributed by atoms with van der Waals surface area (Å²) < 4.78 is 0. The molecule has 0 fully saturated rings. The Kier molecular flexibility index (Phi) is 5.61. The molecule has 2 N–H and O–H groups in total. The molecule has 136 valence electrons. The quantitative estimate of drug-likeness (QED) is 0.383. The average molecular weight is 360 g/mol. The van der Waals surface area contributed by atoms with Gasteiger partial charge in [0, 0.05) is 18.0 Å². The standard InChI is InChI=1S/C22H20N2O3/c1-15-19(17-10-12-23-13-11-17)6-3-7-20(15)21(24-27)9-8-16-4-2-5-18(14-16)22(25)26/h2-7,10-14,27H,8-9H2,1H3,(H,25,26)/b24-21-. The van der Waals surface area contributed by atoms with Gasteiger partial charge in [-0.2, -0.15) is 0 Å². The van der Waals surface area contributed by atoms with Crippen LogP contribution in [0.3, 0.4) is 0 Å². The second kappa shape index (κ2) is 8.27. The lowest BCUT2D eigenvalue weighted by Gasteiger charge is -2.13. The van der Waals surface area contributed by atoms with Crippen LogP contribution in [0.4, 0.5) is 0 Å². The minimum atomic E-state index is -0.950. The van der Waals surface area contributed by atoms with Crippen LogP contribution in [0.25, 0.3) is 11.1 Å². The van der Waals surface area contributed by atoms with Crippen LogP contribution >= 0.6 is 0 Å². The molecule has 3 rings (SSSR count). The number of carbonyl (C=O) groups is 1. The number of aromatic nitrogens is 1. The number of carboxylic acids is 1. The molecule has 0 radical (unpaired) electrons. The molecule has 2 aromatic carbocycles. The number of nitrogens with zero attached hydrogens (tertiary/aromatic N) is 2. The van der Waals surface area contributed by atoms with Crippen molar-refractivity contribution in [3.63, 3.8) is 0 Å². The van der Waals surface area contributed by atoms with Gasteiger partial charge in [-0.05, 0) is 66.3 Å². The van der Waals surface area contributed by atoms with Crippen molar-refractivity contribution in [3.05, 3.63) is 89.2 Å². The maximum atomic E-state index is 11.1. The lowest BCUT2D eigenvalue weighted by atomic mass is 9.92. The molecule has 0 saturated carbocycles. The first-order chi connectivity index (χ1) is 13.1. The van der Waals surface area contributed by atoms with Crippen molar-refractivity contribution in [3.8, 4) is 11.1 Å². The van der Waals surface area contributed by atoms with Crippen molar-refractivity contribution < 1.29 is 15.1 Å². The van der Waals surface area contributed by atoms with Gasteiger partial charge in [-0.15, -0.1) is 0 Å². The molecular formula is C22H20N2O3. The molecular weight excluding hydrogens is 340 g/mol. The lowest BCUT2D eigenvalue weighted by molar-refractivity contribution is 0.0696. The number of carboxylic acid groups (broad SMARTS) is 1. The van der Waals surface area contributed by atoms with Crippen LogP contribution in [0.2, 0.25) is 0 Å². The van der Waals surface area contributed by atoms with E-state index in [1.54, 1.807) is 30.6 Å². The van der Waals surface area contributed by atoms with Gasteiger partial charge >= 0.3 is 5.97 Å². The van der Waals surface area contributed by atoms with Gasteiger partial charge < -0.3 is 10.3 Å². The van der Waals surface area contributed by atoms with Crippen LogP contribution in [0.15, 0.2) is 72.1 Å². The molecule has 0 bridgehead atoms. The minimum absolute atomic E-state index is 0.255. The number of pyridine rings is 1. The minimum Gasteiger partial charge on any atom is -0.478 e. The summed E-state index contributed by atoms with van der Waals surface area (Å²) in [4.78, 5) is 15.2. The zero-order valence-electron chi connectivity index (χ0n) is 15.0. The number of hydrogen-bond donors (Lipinski definition) is 2. The van der Waals surface area contributed by atoms with Gasteiger partial charge in [0.05, 0.1) is 11.3 Å². The van der Waals surface area contributed by atoms with Gasteiger partial charge in [0.25, 0.3) is 0 Å². The summed E-state index contributed by atoms with van der Waals surface area (Å²) in [5.41, 5.74) is 5.73. The Morgan fingerprint density at radius 1 is 1.07 bits per heavy atom. The highest BCUT2D eigenvalue weighted by atomic mass is 16.4. The number of hydrogen-bond acceptors (Lipinski definition) is 4. The van der Waals surface area contributed by atoms with E-state index in [1.165, 1.54) is 0 Å². The topological polar surface area (TPSA) is 82.8 Å². The van der Waals surface area contributed by atoms with E-state index in [1.807, 2.05) is 43.3 Å². The molecule has 0 aliphatic rings. The number of aryl methyl sites for hydroxylation is 1. The van der Waals surface area contributed by atoms with Crippen molar-refractivity contribution in [2.75, 3.05) is 0 Å². The van der Waals surface area contributed by atoms with Gasteiger partial charge in [0.15, 0.2) is 0 Å². The Balaban J connectivity index is 1.85. The highest BCUT2D eigenvalue weighted by Crippen LogP contribution is 2.26. The van der Waals surface area contributed by atoms with E-state index in [9.17, 15) is 10.0 Å². The lowest BCUT2D eigenvalue weighted by Crippen LogP contribution is -2.07. The van der Waals surface area contributed by atoms with E-state index in [-0.39, 0.29) is 5.56 Å². The average Bonchev–Trinajstić information content (AvgIpc) is 2.70. The van der Waals surface area contributed by atoms with E-state index in [0.29, 0.717) is 18.6 Å². The summed E-state index contributed by atoms with van der Waals surface area (Å²) in [5, 5.41) is 22.2. The van der Waals surface area contributed by atoms with Crippen LogP contribution in [0.5, 0.6) is 0 Å². The van der Waals surface area contributed by atoms with Crippen molar-refractivity contribution in [1.29, 1.82) is 0 Å². The predicted octanol–water partition coefficient (Wildman–Crippen LogP) is 4.57. The Morgan fingerprint density at radius 2 is 1.81 bits per heavy atom. The molecule has 1 heterocycles. The van der Waals surface area contributed by atoms with Crippen molar-refractivity contribution in [2.45, 2.75) is 19.8 Å². The first-order valence-corrected chi connectivity index (χ1v) is 8.63. The molecule has 5 heteroatoms. The SMILES string of the molecule is Cc1c(/C(CCc2cccc(C(=O)O)c2)=N\O)cccc1-c1ccncc1. The van der Waals surface area contributed by atoms with E-state index in [0.717, 1.165) is 27.8 Å². The van der Waals surface area contributed by atoms with Crippen LogP contribution in [0.1, 0.15) is 33.5 Å². The zero-order chi connectivity index (χ0) is 19.2. The second-order valence-electron chi connectivity index (χ2n) is 6.27. The smallest absolute Gasteiger partial charge is 0.335 e. The second-order valence-corrected chi connectivity index (χ2v) is 6.27.